The number of piperidine rings is 1. The van der Waals surface area contributed by atoms with Gasteiger partial charge in [0.2, 0.25) is 5.91 Å². The van der Waals surface area contributed by atoms with Gasteiger partial charge in [-0.1, -0.05) is 0 Å². The number of hydrogen-bond acceptors (Lipinski definition) is 5. The van der Waals surface area contributed by atoms with Crippen molar-refractivity contribution in [1.82, 2.24) is 4.90 Å². The molecule has 20 heavy (non-hydrogen) atoms. The topological polar surface area (TPSA) is 76.4 Å². The van der Waals surface area contributed by atoms with Gasteiger partial charge < -0.3 is 10.4 Å². The van der Waals surface area contributed by atoms with Crippen LogP contribution in [-0.4, -0.2) is 40.6 Å². The van der Waals surface area contributed by atoms with Crippen LogP contribution in [0.4, 0.5) is 5.00 Å². The van der Waals surface area contributed by atoms with Gasteiger partial charge in [0, 0.05) is 12.1 Å². The van der Waals surface area contributed by atoms with Gasteiger partial charge in [-0.15, -0.1) is 11.3 Å². The fourth-order valence-corrected chi connectivity index (χ4v) is 4.08. The number of aliphatic hydroxyl groups is 1. The molecule has 3 rings (SSSR count). The lowest BCUT2D eigenvalue weighted by Crippen LogP contribution is -2.47. The average Bonchev–Trinajstić information content (AvgIpc) is 2.93. The molecule has 5 nitrogen and oxygen atoms in total. The molecule has 1 amide bonds. The van der Waals surface area contributed by atoms with Crippen molar-refractivity contribution >= 4 is 22.2 Å². The third-order valence-electron chi connectivity index (χ3n) is 4.22. The molecular weight excluding hydrogens is 274 g/mol. The second kappa shape index (κ2) is 5.52. The number of thiophene rings is 1. The van der Waals surface area contributed by atoms with Crippen molar-refractivity contribution in [2.45, 2.75) is 43.9 Å². The molecule has 6 heteroatoms. The van der Waals surface area contributed by atoms with Crippen LogP contribution in [0.15, 0.2) is 11.4 Å². The Hall–Kier alpha value is -1.42. The number of amides is 1. The van der Waals surface area contributed by atoms with E-state index in [1.807, 2.05) is 0 Å². The Morgan fingerprint density at radius 1 is 1.50 bits per heavy atom. The van der Waals surface area contributed by atoms with Gasteiger partial charge in [0.05, 0.1) is 18.2 Å². The van der Waals surface area contributed by atoms with Crippen molar-refractivity contribution in [3.63, 3.8) is 0 Å². The maximum atomic E-state index is 12.1. The molecule has 2 aliphatic rings. The Labute approximate surface area is 121 Å². The minimum Gasteiger partial charge on any atom is -0.393 e. The molecule has 2 unspecified atom stereocenters. The van der Waals surface area contributed by atoms with E-state index in [9.17, 15) is 9.90 Å². The summed E-state index contributed by atoms with van der Waals surface area (Å²) < 4.78 is 0. The Balaban J connectivity index is 1.61. The van der Waals surface area contributed by atoms with Crippen molar-refractivity contribution in [2.75, 3.05) is 11.9 Å². The second-order valence-electron chi connectivity index (χ2n) is 5.51. The maximum absolute atomic E-state index is 12.1. The lowest BCUT2D eigenvalue weighted by atomic mass is 10.00. The summed E-state index contributed by atoms with van der Waals surface area (Å²) in [5.41, 5.74) is 0.514. The molecule has 1 aromatic heterocycles. The molecule has 2 atom stereocenters. The van der Waals surface area contributed by atoms with Crippen LogP contribution >= 0.6 is 11.3 Å². The summed E-state index contributed by atoms with van der Waals surface area (Å²) in [5, 5.41) is 23.9. The van der Waals surface area contributed by atoms with Crippen LogP contribution in [0.1, 0.15) is 31.2 Å². The number of fused-ring (bicyclic) bond motifs is 2. The minimum absolute atomic E-state index is 0.0720. The molecule has 0 radical (unpaired) electrons. The van der Waals surface area contributed by atoms with Gasteiger partial charge in [-0.25, -0.2) is 0 Å². The highest BCUT2D eigenvalue weighted by atomic mass is 32.1. The molecule has 2 fully saturated rings. The molecule has 0 saturated carbocycles. The van der Waals surface area contributed by atoms with Crippen LogP contribution in [0.3, 0.4) is 0 Å². The first-order valence-electron chi connectivity index (χ1n) is 6.88. The molecule has 0 aliphatic carbocycles. The summed E-state index contributed by atoms with van der Waals surface area (Å²) in [7, 11) is 0. The minimum atomic E-state index is -0.214. The molecule has 0 spiro atoms. The van der Waals surface area contributed by atoms with Crippen molar-refractivity contribution < 1.29 is 9.90 Å². The van der Waals surface area contributed by atoms with Gasteiger partial charge in [0.15, 0.2) is 0 Å². The SMILES string of the molecule is N#Cc1ccsc1NC(=O)CN1C2CCC1CC(O)C2. The summed E-state index contributed by atoms with van der Waals surface area (Å²) in [6.07, 6.45) is 3.46. The highest BCUT2D eigenvalue weighted by Gasteiger charge is 2.40. The van der Waals surface area contributed by atoms with Gasteiger partial charge in [0.1, 0.15) is 11.1 Å². The van der Waals surface area contributed by atoms with E-state index in [0.29, 0.717) is 29.2 Å². The standard InChI is InChI=1S/C14H17N3O2S/c15-7-9-3-4-20-14(9)16-13(19)8-17-10-1-2-11(17)6-12(18)5-10/h3-4,10-12,18H,1-2,5-6,8H2,(H,16,19). The van der Waals surface area contributed by atoms with Crippen LogP contribution in [0.25, 0.3) is 0 Å². The number of carbonyl (C=O) groups is 1. The average molecular weight is 291 g/mol. The lowest BCUT2D eigenvalue weighted by molar-refractivity contribution is -0.119. The molecule has 2 bridgehead atoms. The third-order valence-corrected chi connectivity index (χ3v) is 5.05. The van der Waals surface area contributed by atoms with Crippen molar-refractivity contribution in [1.29, 1.82) is 5.26 Å². The smallest absolute Gasteiger partial charge is 0.239 e. The van der Waals surface area contributed by atoms with E-state index in [-0.39, 0.29) is 12.0 Å². The highest BCUT2D eigenvalue weighted by Crippen LogP contribution is 2.35. The number of nitriles is 1. The van der Waals surface area contributed by atoms with Gasteiger partial charge in [0.25, 0.3) is 0 Å². The molecule has 106 valence electrons. The molecule has 0 aromatic carbocycles. The number of rotatable bonds is 3. The van der Waals surface area contributed by atoms with E-state index < -0.39 is 0 Å². The quantitative estimate of drug-likeness (QED) is 0.886. The first kappa shape index (κ1) is 13.6. The van der Waals surface area contributed by atoms with Crippen LogP contribution in [0, 0.1) is 11.3 Å². The number of aliphatic hydroxyl groups excluding tert-OH is 1. The molecular formula is C14H17N3O2S. The highest BCUT2D eigenvalue weighted by molar-refractivity contribution is 7.14. The predicted molar refractivity (Wildman–Crippen MR) is 76.4 cm³/mol. The number of anilines is 1. The van der Waals surface area contributed by atoms with Crippen LogP contribution in [0.5, 0.6) is 0 Å². The summed E-state index contributed by atoms with van der Waals surface area (Å²) in [6.45, 7) is 0.352. The van der Waals surface area contributed by atoms with Crippen molar-refractivity contribution in [3.8, 4) is 6.07 Å². The fraction of sp³-hybridized carbons (Fsp3) is 0.571. The number of hydrogen-bond donors (Lipinski definition) is 2. The summed E-state index contributed by atoms with van der Waals surface area (Å²) in [5.74, 6) is -0.0720. The van der Waals surface area contributed by atoms with Gasteiger partial charge >= 0.3 is 0 Å². The van der Waals surface area contributed by atoms with Crippen LogP contribution in [0.2, 0.25) is 0 Å². The Morgan fingerprint density at radius 2 is 2.20 bits per heavy atom. The number of nitrogens with zero attached hydrogens (tertiary/aromatic N) is 2. The van der Waals surface area contributed by atoms with Crippen molar-refractivity contribution in [2.24, 2.45) is 0 Å². The van der Waals surface area contributed by atoms with Crippen LogP contribution in [-0.2, 0) is 4.79 Å². The molecule has 2 aliphatic heterocycles. The zero-order valence-electron chi connectivity index (χ0n) is 11.1. The Kier molecular flexibility index (Phi) is 3.74. The molecule has 2 N–H and O–H groups in total. The molecule has 2 saturated heterocycles. The van der Waals surface area contributed by atoms with E-state index in [0.717, 1.165) is 25.7 Å². The van der Waals surface area contributed by atoms with E-state index in [2.05, 4.69) is 16.3 Å². The first-order chi connectivity index (χ1) is 9.67. The van der Waals surface area contributed by atoms with Crippen LogP contribution < -0.4 is 5.32 Å². The van der Waals surface area contributed by atoms with Gasteiger partial charge in [-0.3, -0.25) is 9.69 Å². The number of carbonyl (C=O) groups excluding carboxylic acids is 1. The van der Waals surface area contributed by atoms with Gasteiger partial charge in [-0.05, 0) is 37.1 Å². The summed E-state index contributed by atoms with van der Waals surface area (Å²) in [6, 6.07) is 4.43. The predicted octanol–water partition coefficient (Wildman–Crippen LogP) is 1.55. The van der Waals surface area contributed by atoms with E-state index in [1.54, 1.807) is 11.4 Å². The summed E-state index contributed by atoms with van der Waals surface area (Å²) in [4.78, 5) is 14.3. The largest absolute Gasteiger partial charge is 0.393 e. The monoisotopic (exact) mass is 291 g/mol. The van der Waals surface area contributed by atoms with E-state index >= 15 is 0 Å². The Bertz CT molecular complexity index is 537. The Morgan fingerprint density at radius 3 is 2.85 bits per heavy atom. The fourth-order valence-electron chi connectivity index (χ4n) is 3.33. The van der Waals surface area contributed by atoms with Crippen molar-refractivity contribution in [3.05, 3.63) is 17.0 Å². The first-order valence-corrected chi connectivity index (χ1v) is 7.76. The lowest BCUT2D eigenvalue weighted by Gasteiger charge is -2.36. The third kappa shape index (κ3) is 2.57. The molecule has 3 heterocycles. The second-order valence-corrected chi connectivity index (χ2v) is 6.42. The van der Waals surface area contributed by atoms with E-state index in [4.69, 9.17) is 5.26 Å². The zero-order valence-corrected chi connectivity index (χ0v) is 11.9. The maximum Gasteiger partial charge on any atom is 0.239 e. The zero-order chi connectivity index (χ0) is 14.1. The van der Waals surface area contributed by atoms with E-state index in [1.165, 1.54) is 11.3 Å². The molecule has 1 aromatic rings. The van der Waals surface area contributed by atoms with Gasteiger partial charge in [-0.2, -0.15) is 5.26 Å². The summed E-state index contributed by atoms with van der Waals surface area (Å²) >= 11 is 1.37. The number of nitrogens with one attached hydrogen (secondary N) is 1. The normalized spacial score (nSPS) is 29.1.